The third-order valence-electron chi connectivity index (χ3n) is 6.21. The van der Waals surface area contributed by atoms with E-state index in [1.165, 1.54) is 41.8 Å². The Labute approximate surface area is 248 Å². The average Bonchev–Trinajstić information content (AvgIpc) is 3.50. The normalized spacial score (nSPS) is 11.5. The van der Waals surface area contributed by atoms with Crippen LogP contribution < -0.4 is 10.1 Å². The molecule has 0 bridgehead atoms. The summed E-state index contributed by atoms with van der Waals surface area (Å²) in [5.74, 6) is -8.87. The molecule has 0 spiro atoms. The van der Waals surface area contributed by atoms with Crippen molar-refractivity contribution in [3.8, 4) is 16.9 Å². The van der Waals surface area contributed by atoms with E-state index in [0.717, 1.165) is 35.6 Å². The van der Waals surface area contributed by atoms with Gasteiger partial charge in [-0.15, -0.1) is 11.3 Å². The number of hydrogen-bond acceptors (Lipinski definition) is 7. The number of carbonyl (C=O) groups is 4. The molecule has 0 atom stereocenters. The van der Waals surface area contributed by atoms with Gasteiger partial charge < -0.3 is 25.0 Å². The second-order valence-electron chi connectivity index (χ2n) is 8.98. The molecule has 0 fully saturated rings. The summed E-state index contributed by atoms with van der Waals surface area (Å²) in [6, 6.07) is 13.6. The predicted octanol–water partition coefficient (Wildman–Crippen LogP) is 6.59. The molecule has 0 radical (unpaired) electrons. The van der Waals surface area contributed by atoms with Gasteiger partial charge in [-0.2, -0.15) is 13.2 Å². The van der Waals surface area contributed by atoms with E-state index in [9.17, 15) is 51.3 Å². The number of aliphatic carboxylic acids is 2. The molecule has 3 aromatic carbocycles. The summed E-state index contributed by atoms with van der Waals surface area (Å²) >= 11 is 0.763. The van der Waals surface area contributed by atoms with Gasteiger partial charge in [-0.25, -0.2) is 13.6 Å². The van der Waals surface area contributed by atoms with Crippen LogP contribution in [0.5, 0.6) is 5.75 Å². The minimum Gasteiger partial charge on any atom is -0.480 e. The minimum atomic E-state index is -4.57. The SMILES string of the molecule is O=C(OCC(C(=O)O)(C(=O)O)c1cccs1)Oc1c(F)cc(NC(=O)c2ccccc2-c2ccc(C(F)(F)F)cc2)cc1F. The number of nitrogens with one attached hydrogen (secondary N) is 1. The first-order chi connectivity index (χ1) is 20.7. The number of rotatable bonds is 9. The fourth-order valence-electron chi connectivity index (χ4n) is 4.00. The molecule has 0 aliphatic rings. The molecule has 0 aliphatic heterocycles. The zero-order chi connectivity index (χ0) is 32.2. The van der Waals surface area contributed by atoms with Gasteiger partial charge in [-0.1, -0.05) is 36.4 Å². The Morgan fingerprint density at radius 3 is 2.00 bits per heavy atom. The summed E-state index contributed by atoms with van der Waals surface area (Å²) in [5, 5.41) is 22.8. The maximum atomic E-state index is 14.8. The molecule has 1 aromatic heterocycles. The molecule has 4 rings (SSSR count). The molecule has 0 saturated heterocycles. The second-order valence-corrected chi connectivity index (χ2v) is 9.93. The average molecular weight is 636 g/mol. The zero-order valence-electron chi connectivity index (χ0n) is 21.9. The summed E-state index contributed by atoms with van der Waals surface area (Å²) < 4.78 is 77.4. The Morgan fingerprint density at radius 1 is 0.841 bits per heavy atom. The highest BCUT2D eigenvalue weighted by atomic mass is 32.1. The van der Waals surface area contributed by atoms with Gasteiger partial charge in [0.2, 0.25) is 11.2 Å². The van der Waals surface area contributed by atoms with E-state index in [1.54, 1.807) is 0 Å². The van der Waals surface area contributed by atoms with E-state index in [1.807, 2.05) is 0 Å². The Kier molecular flexibility index (Phi) is 8.99. The van der Waals surface area contributed by atoms with Crippen molar-refractivity contribution < 1.29 is 60.8 Å². The monoisotopic (exact) mass is 635 g/mol. The van der Waals surface area contributed by atoms with Crippen LogP contribution in [0.15, 0.2) is 78.2 Å². The van der Waals surface area contributed by atoms with Crippen molar-refractivity contribution in [2.45, 2.75) is 11.6 Å². The number of ether oxygens (including phenoxy) is 2. The van der Waals surface area contributed by atoms with Crippen molar-refractivity contribution in [1.29, 1.82) is 0 Å². The van der Waals surface area contributed by atoms with E-state index >= 15 is 0 Å². The van der Waals surface area contributed by atoms with Gasteiger partial charge in [0, 0.05) is 28.3 Å². The lowest BCUT2D eigenvalue weighted by molar-refractivity contribution is -0.160. The molecule has 0 aliphatic carbocycles. The molecule has 0 saturated carbocycles. The lowest BCUT2D eigenvalue weighted by Crippen LogP contribution is -2.47. The standard InChI is InChI=1S/C29H18F5NO8S/c30-20-12-17(35-24(36)19-5-2-1-4-18(19)15-7-9-16(10-8-15)29(32,33)34)13-21(31)23(20)43-27(41)42-14-28(25(37)38,26(39)40)22-6-3-11-44-22/h1-13H,14H2,(H,35,36)(H,37,38)(H,39,40). The fraction of sp³-hybridized carbons (Fsp3) is 0.103. The number of alkyl halides is 3. The molecule has 1 amide bonds. The Hall–Kier alpha value is -5.31. The van der Waals surface area contributed by atoms with Gasteiger partial charge >= 0.3 is 24.3 Å². The van der Waals surface area contributed by atoms with Gasteiger partial charge in [0.05, 0.1) is 5.56 Å². The maximum absolute atomic E-state index is 14.8. The highest BCUT2D eigenvalue weighted by Gasteiger charge is 2.51. The third kappa shape index (κ3) is 6.52. The van der Waals surface area contributed by atoms with Crippen molar-refractivity contribution in [2.75, 3.05) is 11.9 Å². The third-order valence-corrected chi connectivity index (χ3v) is 7.25. The predicted molar refractivity (Wildman–Crippen MR) is 144 cm³/mol. The van der Waals surface area contributed by atoms with Crippen molar-refractivity contribution in [3.05, 3.63) is 106 Å². The number of hydrogen-bond donors (Lipinski definition) is 3. The van der Waals surface area contributed by atoms with Gasteiger partial charge in [0.15, 0.2) is 11.6 Å². The zero-order valence-corrected chi connectivity index (χ0v) is 22.7. The van der Waals surface area contributed by atoms with Crippen molar-refractivity contribution in [2.24, 2.45) is 0 Å². The molecule has 9 nitrogen and oxygen atoms in total. The topological polar surface area (TPSA) is 139 Å². The summed E-state index contributed by atoms with van der Waals surface area (Å²) in [6.45, 7) is -1.27. The number of halogens is 5. The number of carboxylic acid groups (broad SMARTS) is 2. The van der Waals surface area contributed by atoms with Crippen LogP contribution in [-0.4, -0.2) is 40.8 Å². The molecule has 0 unspecified atom stereocenters. The number of thiophene rings is 1. The Bertz CT molecular complexity index is 1690. The summed E-state index contributed by atoms with van der Waals surface area (Å²) in [7, 11) is 0. The molecule has 4 aromatic rings. The molecule has 3 N–H and O–H groups in total. The number of anilines is 1. The van der Waals surface area contributed by atoms with Crippen LogP contribution in [0.4, 0.5) is 32.4 Å². The van der Waals surface area contributed by atoms with Crippen molar-refractivity contribution >= 4 is 41.0 Å². The molecule has 15 heteroatoms. The van der Waals surface area contributed by atoms with Crippen LogP contribution in [0.25, 0.3) is 11.1 Å². The molecule has 44 heavy (non-hydrogen) atoms. The van der Waals surface area contributed by atoms with Crippen LogP contribution in [0, 0.1) is 11.6 Å². The van der Waals surface area contributed by atoms with Gasteiger partial charge in [-0.3, -0.25) is 14.4 Å². The molecular weight excluding hydrogens is 617 g/mol. The van der Waals surface area contributed by atoms with Crippen LogP contribution >= 0.6 is 11.3 Å². The highest BCUT2D eigenvalue weighted by Crippen LogP contribution is 2.33. The Balaban J connectivity index is 1.49. The lowest BCUT2D eigenvalue weighted by atomic mass is 9.87. The first-order valence-electron chi connectivity index (χ1n) is 12.2. The minimum absolute atomic E-state index is 0.0388. The van der Waals surface area contributed by atoms with E-state index in [2.05, 4.69) is 14.8 Å². The van der Waals surface area contributed by atoms with Crippen molar-refractivity contribution in [1.82, 2.24) is 0 Å². The van der Waals surface area contributed by atoms with Gasteiger partial charge in [0.25, 0.3) is 5.91 Å². The number of carbonyl (C=O) groups excluding carboxylic acids is 2. The van der Waals surface area contributed by atoms with Crippen LogP contribution in [-0.2, 0) is 25.9 Å². The smallest absolute Gasteiger partial charge is 0.480 e. The lowest BCUT2D eigenvalue weighted by Gasteiger charge is -2.23. The van der Waals surface area contributed by atoms with Gasteiger partial charge in [-0.05, 0) is 40.8 Å². The first-order valence-corrected chi connectivity index (χ1v) is 13.0. The maximum Gasteiger partial charge on any atom is 0.514 e. The molecule has 228 valence electrons. The quantitative estimate of drug-likeness (QED) is 0.0811. The van der Waals surface area contributed by atoms with E-state index in [0.29, 0.717) is 12.1 Å². The summed E-state index contributed by atoms with van der Waals surface area (Å²) in [4.78, 5) is 48.6. The number of amides is 1. The first kappa shape index (κ1) is 31.6. The van der Waals surface area contributed by atoms with Crippen LogP contribution in [0.1, 0.15) is 20.8 Å². The molecular formula is C29H18F5NO8S. The summed E-state index contributed by atoms with van der Waals surface area (Å²) in [6.07, 6.45) is -6.38. The van der Waals surface area contributed by atoms with E-state index in [-0.39, 0.29) is 21.6 Å². The van der Waals surface area contributed by atoms with E-state index < -0.39 is 70.8 Å². The Morgan fingerprint density at radius 2 is 1.45 bits per heavy atom. The second kappa shape index (κ2) is 12.5. The highest BCUT2D eigenvalue weighted by molar-refractivity contribution is 7.10. The largest absolute Gasteiger partial charge is 0.514 e. The van der Waals surface area contributed by atoms with Gasteiger partial charge in [0.1, 0.15) is 6.61 Å². The van der Waals surface area contributed by atoms with E-state index in [4.69, 9.17) is 0 Å². The summed E-state index contributed by atoms with van der Waals surface area (Å²) in [5.41, 5.74) is -3.59. The fourth-order valence-corrected chi connectivity index (χ4v) is 4.89. The number of carboxylic acids is 2. The van der Waals surface area contributed by atoms with Crippen LogP contribution in [0.2, 0.25) is 0 Å². The molecule has 1 heterocycles. The van der Waals surface area contributed by atoms with Crippen molar-refractivity contribution in [3.63, 3.8) is 0 Å². The van der Waals surface area contributed by atoms with Crippen LogP contribution in [0.3, 0.4) is 0 Å². The number of benzene rings is 3.